The minimum Gasteiger partial charge on any atom is -0.490 e. The van der Waals surface area contributed by atoms with Gasteiger partial charge < -0.3 is 14.2 Å². The molecule has 1 fully saturated rings. The number of ether oxygens (including phenoxy) is 3. The first-order valence-electron chi connectivity index (χ1n) is 8.15. The number of esters is 1. The molecule has 126 valence electrons. The van der Waals surface area contributed by atoms with E-state index in [-0.39, 0.29) is 18.4 Å². The van der Waals surface area contributed by atoms with Crippen LogP contribution in [0.5, 0.6) is 5.75 Å². The van der Waals surface area contributed by atoms with E-state index in [4.69, 9.17) is 14.2 Å². The molecule has 0 aliphatic carbocycles. The molecule has 1 aliphatic rings. The molecule has 25 heavy (non-hydrogen) atoms. The summed E-state index contributed by atoms with van der Waals surface area (Å²) in [6.45, 7) is 1.39. The molecular weight excluding hydrogens is 318 g/mol. The Morgan fingerprint density at radius 2 is 1.88 bits per heavy atom. The standard InChI is InChI=1S/C20H17NO4/c22-20(25-11-14-6-2-1-3-7-14)18-10-19(24-13-15-12-23-15)16-8-4-5-9-17(16)21-18/h1-10,15H,11-13H2. The van der Waals surface area contributed by atoms with Crippen LogP contribution in [0.2, 0.25) is 0 Å². The van der Waals surface area contributed by atoms with Gasteiger partial charge in [-0.1, -0.05) is 42.5 Å². The van der Waals surface area contributed by atoms with Gasteiger partial charge in [-0.3, -0.25) is 0 Å². The number of nitrogens with zero attached hydrogens (tertiary/aromatic N) is 1. The number of fused-ring (bicyclic) bond motifs is 1. The Hall–Kier alpha value is -2.92. The van der Waals surface area contributed by atoms with E-state index in [0.29, 0.717) is 17.9 Å². The fourth-order valence-corrected chi connectivity index (χ4v) is 2.51. The third kappa shape index (κ3) is 3.78. The van der Waals surface area contributed by atoms with E-state index >= 15 is 0 Å². The van der Waals surface area contributed by atoms with E-state index in [0.717, 1.165) is 17.6 Å². The number of epoxide rings is 1. The number of carbonyl (C=O) groups excluding carboxylic acids is 1. The molecule has 1 aliphatic heterocycles. The number of hydrogen-bond acceptors (Lipinski definition) is 5. The fourth-order valence-electron chi connectivity index (χ4n) is 2.51. The highest BCUT2D eigenvalue weighted by Crippen LogP contribution is 2.27. The Morgan fingerprint density at radius 1 is 1.12 bits per heavy atom. The molecule has 5 heteroatoms. The largest absolute Gasteiger partial charge is 0.490 e. The van der Waals surface area contributed by atoms with Gasteiger partial charge in [0.05, 0.1) is 12.1 Å². The number of hydrogen-bond donors (Lipinski definition) is 0. The Labute approximate surface area is 145 Å². The molecule has 0 bridgehead atoms. The van der Waals surface area contributed by atoms with Crippen molar-refractivity contribution in [2.45, 2.75) is 12.7 Å². The second kappa shape index (κ2) is 6.91. The highest BCUT2D eigenvalue weighted by molar-refractivity contribution is 5.94. The predicted octanol–water partition coefficient (Wildman–Crippen LogP) is 3.37. The van der Waals surface area contributed by atoms with E-state index in [1.807, 2.05) is 54.6 Å². The van der Waals surface area contributed by atoms with E-state index < -0.39 is 5.97 Å². The van der Waals surface area contributed by atoms with Gasteiger partial charge in [-0.2, -0.15) is 0 Å². The number of pyridine rings is 1. The lowest BCUT2D eigenvalue weighted by molar-refractivity contribution is 0.0465. The van der Waals surface area contributed by atoms with E-state index in [2.05, 4.69) is 4.98 Å². The number of rotatable bonds is 6. The van der Waals surface area contributed by atoms with Crippen molar-refractivity contribution in [3.05, 3.63) is 71.9 Å². The Bertz CT molecular complexity index is 891. The lowest BCUT2D eigenvalue weighted by Gasteiger charge is -2.10. The summed E-state index contributed by atoms with van der Waals surface area (Å²) in [7, 11) is 0. The summed E-state index contributed by atoms with van der Waals surface area (Å²) in [5.74, 6) is 0.148. The van der Waals surface area contributed by atoms with Crippen molar-refractivity contribution in [2.75, 3.05) is 13.2 Å². The van der Waals surface area contributed by atoms with Crippen molar-refractivity contribution in [1.82, 2.24) is 4.98 Å². The van der Waals surface area contributed by atoms with Gasteiger partial charge in [0, 0.05) is 11.5 Å². The van der Waals surface area contributed by atoms with Gasteiger partial charge in [-0.05, 0) is 17.7 Å². The van der Waals surface area contributed by atoms with Gasteiger partial charge in [0.1, 0.15) is 25.1 Å². The van der Waals surface area contributed by atoms with Crippen molar-refractivity contribution in [2.24, 2.45) is 0 Å². The average molecular weight is 335 g/mol. The van der Waals surface area contributed by atoms with Crippen LogP contribution in [0.3, 0.4) is 0 Å². The summed E-state index contributed by atoms with van der Waals surface area (Å²) in [6, 6.07) is 18.7. The molecular formula is C20H17NO4. The molecule has 1 unspecified atom stereocenters. The third-order valence-electron chi connectivity index (χ3n) is 3.93. The third-order valence-corrected chi connectivity index (χ3v) is 3.93. The summed E-state index contributed by atoms with van der Waals surface area (Å²) in [4.78, 5) is 16.8. The summed E-state index contributed by atoms with van der Waals surface area (Å²) >= 11 is 0. The van der Waals surface area contributed by atoms with Gasteiger partial charge in [0.2, 0.25) is 0 Å². The molecule has 4 rings (SSSR count). The maximum absolute atomic E-state index is 12.4. The van der Waals surface area contributed by atoms with Crippen LogP contribution in [0.15, 0.2) is 60.7 Å². The Kier molecular flexibility index (Phi) is 4.31. The lowest BCUT2D eigenvalue weighted by atomic mass is 10.2. The summed E-state index contributed by atoms with van der Waals surface area (Å²) in [5, 5.41) is 0.864. The van der Waals surface area contributed by atoms with Crippen molar-refractivity contribution in [1.29, 1.82) is 0 Å². The molecule has 1 aromatic heterocycles. The quantitative estimate of drug-likeness (QED) is 0.510. The van der Waals surface area contributed by atoms with Crippen molar-refractivity contribution in [3.8, 4) is 5.75 Å². The Balaban J connectivity index is 1.56. The van der Waals surface area contributed by atoms with Crippen LogP contribution in [0.25, 0.3) is 10.9 Å². The van der Waals surface area contributed by atoms with Crippen LogP contribution in [0.1, 0.15) is 16.1 Å². The monoisotopic (exact) mass is 335 g/mol. The minimum absolute atomic E-state index is 0.139. The van der Waals surface area contributed by atoms with Crippen LogP contribution < -0.4 is 4.74 Å². The van der Waals surface area contributed by atoms with Crippen LogP contribution in [-0.2, 0) is 16.1 Å². The summed E-state index contributed by atoms with van der Waals surface area (Å²) in [5.41, 5.74) is 1.86. The van der Waals surface area contributed by atoms with E-state index in [1.54, 1.807) is 6.07 Å². The number of carbonyl (C=O) groups is 1. The van der Waals surface area contributed by atoms with Crippen molar-refractivity contribution >= 4 is 16.9 Å². The van der Waals surface area contributed by atoms with Crippen molar-refractivity contribution < 1.29 is 19.0 Å². The van der Waals surface area contributed by atoms with Crippen LogP contribution in [-0.4, -0.2) is 30.3 Å². The first kappa shape index (κ1) is 15.6. The zero-order valence-electron chi connectivity index (χ0n) is 13.6. The summed E-state index contributed by atoms with van der Waals surface area (Å²) < 4.78 is 16.4. The molecule has 0 N–H and O–H groups in total. The second-order valence-electron chi connectivity index (χ2n) is 5.85. The van der Waals surface area contributed by atoms with Crippen LogP contribution in [0, 0.1) is 0 Å². The molecule has 1 saturated heterocycles. The maximum atomic E-state index is 12.4. The van der Waals surface area contributed by atoms with Gasteiger partial charge >= 0.3 is 5.97 Å². The zero-order chi connectivity index (χ0) is 17.1. The number of aromatic nitrogens is 1. The topological polar surface area (TPSA) is 61.0 Å². The van der Waals surface area contributed by atoms with E-state index in [1.165, 1.54) is 0 Å². The van der Waals surface area contributed by atoms with Crippen molar-refractivity contribution in [3.63, 3.8) is 0 Å². The fraction of sp³-hybridized carbons (Fsp3) is 0.200. The highest BCUT2D eigenvalue weighted by atomic mass is 16.6. The SMILES string of the molecule is O=C(OCc1ccccc1)c1cc(OCC2CO2)c2ccccc2n1. The first-order chi connectivity index (χ1) is 12.3. The van der Waals surface area contributed by atoms with Gasteiger partial charge in [-0.25, -0.2) is 9.78 Å². The minimum atomic E-state index is -0.470. The second-order valence-corrected chi connectivity index (χ2v) is 5.85. The highest BCUT2D eigenvalue weighted by Gasteiger charge is 2.24. The number of para-hydroxylation sites is 1. The van der Waals surface area contributed by atoms with Gasteiger partial charge in [0.15, 0.2) is 5.69 Å². The van der Waals surface area contributed by atoms with Crippen LogP contribution in [0.4, 0.5) is 0 Å². The van der Waals surface area contributed by atoms with E-state index in [9.17, 15) is 4.79 Å². The molecule has 0 saturated carbocycles. The average Bonchev–Trinajstić information content (AvgIpc) is 3.49. The zero-order valence-corrected chi connectivity index (χ0v) is 13.6. The molecule has 5 nitrogen and oxygen atoms in total. The van der Waals surface area contributed by atoms with Gasteiger partial charge in [-0.15, -0.1) is 0 Å². The predicted molar refractivity (Wildman–Crippen MR) is 92.5 cm³/mol. The normalized spacial score (nSPS) is 15.8. The summed E-state index contributed by atoms with van der Waals surface area (Å²) in [6.07, 6.45) is 0.139. The lowest BCUT2D eigenvalue weighted by Crippen LogP contribution is -2.10. The number of benzene rings is 2. The molecule has 0 radical (unpaired) electrons. The molecule has 0 spiro atoms. The molecule has 2 heterocycles. The van der Waals surface area contributed by atoms with Crippen LogP contribution >= 0.6 is 0 Å². The molecule has 3 aromatic rings. The Morgan fingerprint density at radius 3 is 2.68 bits per heavy atom. The molecule has 2 aromatic carbocycles. The smallest absolute Gasteiger partial charge is 0.357 e. The molecule has 1 atom stereocenters. The first-order valence-corrected chi connectivity index (χ1v) is 8.15. The maximum Gasteiger partial charge on any atom is 0.357 e. The molecule has 0 amide bonds. The van der Waals surface area contributed by atoms with Gasteiger partial charge in [0.25, 0.3) is 0 Å².